The second-order valence-electron chi connectivity index (χ2n) is 10.1. The van der Waals surface area contributed by atoms with E-state index in [1.807, 2.05) is 29.3 Å². The van der Waals surface area contributed by atoms with Crippen LogP contribution in [-0.2, 0) is 13.1 Å². The highest BCUT2D eigenvalue weighted by Gasteiger charge is 2.68. The van der Waals surface area contributed by atoms with Gasteiger partial charge in [0.1, 0.15) is 17.0 Å². The number of alkyl halides is 1. The quantitative estimate of drug-likeness (QED) is 0.318. The average molecular weight is 489 g/mol. The summed E-state index contributed by atoms with van der Waals surface area (Å²) in [5, 5.41) is 20.6. The van der Waals surface area contributed by atoms with Gasteiger partial charge in [-0.25, -0.2) is 14.1 Å². The number of fused-ring (bicyclic) bond motifs is 2. The lowest BCUT2D eigenvalue weighted by Crippen LogP contribution is -2.67. The van der Waals surface area contributed by atoms with Gasteiger partial charge in [0, 0.05) is 41.3 Å². The van der Waals surface area contributed by atoms with Crippen LogP contribution in [0, 0.1) is 5.41 Å². The molecule has 3 aliphatic rings. The standard InChI is InChI=1S/C25H25FN8S/c1-35-18-4-19(20-7-28-30-21(20)5-18)22-11-34(32-31-22)10-17-9-33-8-16(2-3-23(33)29-17)6-27-15-24-12-25(26,13-24)14-24/h2-5,7-9,11,27H,6,10,12-15H2,1H3,(H,28,30). The molecule has 4 heterocycles. The van der Waals surface area contributed by atoms with E-state index in [9.17, 15) is 4.39 Å². The summed E-state index contributed by atoms with van der Waals surface area (Å²) < 4.78 is 17.6. The van der Waals surface area contributed by atoms with E-state index in [2.05, 4.69) is 60.9 Å². The fourth-order valence-corrected chi connectivity index (χ4v) is 6.28. The summed E-state index contributed by atoms with van der Waals surface area (Å²) >= 11 is 1.69. The van der Waals surface area contributed by atoms with Gasteiger partial charge in [-0.05, 0) is 54.7 Å². The van der Waals surface area contributed by atoms with Crippen LogP contribution >= 0.6 is 11.8 Å². The molecule has 0 atom stereocenters. The number of aromatic amines is 1. The molecule has 3 fully saturated rings. The summed E-state index contributed by atoms with van der Waals surface area (Å²) in [6, 6.07) is 8.35. The molecule has 4 aromatic heterocycles. The van der Waals surface area contributed by atoms with Crippen LogP contribution in [0.5, 0.6) is 0 Å². The summed E-state index contributed by atoms with van der Waals surface area (Å²) in [4.78, 5) is 5.90. The van der Waals surface area contributed by atoms with Gasteiger partial charge in [-0.3, -0.25) is 5.10 Å². The number of benzene rings is 1. The molecule has 3 saturated carbocycles. The van der Waals surface area contributed by atoms with Crippen molar-refractivity contribution in [1.82, 2.24) is 39.9 Å². The van der Waals surface area contributed by atoms with E-state index in [0.717, 1.165) is 70.7 Å². The van der Waals surface area contributed by atoms with Gasteiger partial charge in [-0.1, -0.05) is 11.3 Å². The Morgan fingerprint density at radius 1 is 1.17 bits per heavy atom. The Hall–Kier alpha value is -3.24. The highest BCUT2D eigenvalue weighted by molar-refractivity contribution is 7.98. The average Bonchev–Trinajstić information content (AvgIpc) is 3.55. The minimum Gasteiger partial charge on any atom is -0.312 e. The Morgan fingerprint density at radius 3 is 2.89 bits per heavy atom. The number of pyridine rings is 1. The second kappa shape index (κ2) is 7.63. The van der Waals surface area contributed by atoms with Crippen molar-refractivity contribution in [2.75, 3.05) is 12.8 Å². The maximum atomic E-state index is 13.7. The number of rotatable bonds is 8. The van der Waals surface area contributed by atoms with E-state index in [4.69, 9.17) is 4.98 Å². The number of halogens is 1. The molecule has 35 heavy (non-hydrogen) atoms. The zero-order valence-corrected chi connectivity index (χ0v) is 20.1. The van der Waals surface area contributed by atoms with Crippen LogP contribution in [0.25, 0.3) is 27.8 Å². The third-order valence-corrected chi connectivity index (χ3v) is 8.08. The SMILES string of the molecule is CSc1cc(-c2cn(Cc3cn4cc(CNCC56CC(F)(C5)C6)ccc4n3)nn2)c2cn[nH]c2c1. The Labute approximate surface area is 205 Å². The van der Waals surface area contributed by atoms with E-state index < -0.39 is 5.67 Å². The van der Waals surface area contributed by atoms with Gasteiger partial charge < -0.3 is 9.72 Å². The van der Waals surface area contributed by atoms with Crippen LogP contribution in [-0.4, -0.2) is 53.0 Å². The monoisotopic (exact) mass is 488 g/mol. The van der Waals surface area contributed by atoms with Crippen molar-refractivity contribution in [3.63, 3.8) is 0 Å². The number of nitrogens with one attached hydrogen (secondary N) is 2. The smallest absolute Gasteiger partial charge is 0.137 e. The van der Waals surface area contributed by atoms with Crippen molar-refractivity contribution in [3.05, 3.63) is 60.3 Å². The number of hydrogen-bond donors (Lipinski definition) is 2. The summed E-state index contributed by atoms with van der Waals surface area (Å²) in [5.74, 6) is 0. The number of nitrogens with zero attached hydrogens (tertiary/aromatic N) is 6. The maximum Gasteiger partial charge on any atom is 0.137 e. The van der Waals surface area contributed by atoms with Gasteiger partial charge in [0.05, 0.1) is 30.1 Å². The first-order valence-electron chi connectivity index (χ1n) is 11.8. The molecule has 8 rings (SSSR count). The molecule has 0 saturated heterocycles. The minimum atomic E-state index is -0.831. The lowest BCUT2D eigenvalue weighted by Gasteiger charge is -2.66. The molecular formula is C25H25FN8S. The lowest BCUT2D eigenvalue weighted by molar-refractivity contribution is -0.209. The van der Waals surface area contributed by atoms with Crippen molar-refractivity contribution >= 4 is 28.3 Å². The topological polar surface area (TPSA) is 88.7 Å². The van der Waals surface area contributed by atoms with Crippen molar-refractivity contribution < 1.29 is 4.39 Å². The molecule has 2 N–H and O–H groups in total. The molecule has 10 heteroatoms. The third kappa shape index (κ3) is 3.63. The molecular weight excluding hydrogens is 463 g/mol. The van der Waals surface area contributed by atoms with E-state index in [-0.39, 0.29) is 5.41 Å². The first kappa shape index (κ1) is 21.1. The Kier molecular flexibility index (Phi) is 4.59. The Morgan fingerprint density at radius 2 is 2.06 bits per heavy atom. The molecule has 178 valence electrons. The number of imidazole rings is 1. The number of hydrogen-bond acceptors (Lipinski definition) is 6. The van der Waals surface area contributed by atoms with Crippen molar-refractivity contribution in [2.45, 2.75) is 42.9 Å². The molecule has 3 aliphatic carbocycles. The lowest BCUT2D eigenvalue weighted by atomic mass is 9.42. The molecule has 2 bridgehead atoms. The fraction of sp³-hybridized carbons (Fsp3) is 0.360. The summed E-state index contributed by atoms with van der Waals surface area (Å²) in [6.45, 7) is 2.20. The summed E-state index contributed by atoms with van der Waals surface area (Å²) in [6.07, 6.45) is 12.2. The molecule has 0 unspecified atom stereocenters. The Bertz CT molecular complexity index is 1550. The minimum absolute atomic E-state index is 0.220. The van der Waals surface area contributed by atoms with Gasteiger partial charge >= 0.3 is 0 Å². The van der Waals surface area contributed by atoms with Crippen LogP contribution in [0.3, 0.4) is 0 Å². The third-order valence-electron chi connectivity index (χ3n) is 7.37. The van der Waals surface area contributed by atoms with Crippen LogP contribution < -0.4 is 5.32 Å². The van der Waals surface area contributed by atoms with Crippen molar-refractivity contribution in [2.24, 2.45) is 5.41 Å². The number of aromatic nitrogens is 7. The maximum absolute atomic E-state index is 13.7. The fourth-order valence-electron chi connectivity index (χ4n) is 5.81. The molecule has 0 amide bonds. The van der Waals surface area contributed by atoms with Gasteiger partial charge in [-0.15, -0.1) is 16.9 Å². The Balaban J connectivity index is 1.06. The molecule has 0 aliphatic heterocycles. The van der Waals surface area contributed by atoms with Crippen molar-refractivity contribution in [1.29, 1.82) is 0 Å². The molecule has 0 spiro atoms. The zero-order valence-electron chi connectivity index (χ0n) is 19.3. The van der Waals surface area contributed by atoms with Crippen LogP contribution in [0.15, 0.2) is 53.9 Å². The second-order valence-corrected chi connectivity index (χ2v) is 11.0. The largest absolute Gasteiger partial charge is 0.312 e. The molecule has 1 aromatic carbocycles. The van der Waals surface area contributed by atoms with E-state index in [1.54, 1.807) is 11.8 Å². The van der Waals surface area contributed by atoms with Crippen LogP contribution in [0.1, 0.15) is 30.5 Å². The van der Waals surface area contributed by atoms with Gasteiger partial charge in [0.25, 0.3) is 0 Å². The molecule has 5 aromatic rings. The molecule has 0 radical (unpaired) electrons. The van der Waals surface area contributed by atoms with E-state index >= 15 is 0 Å². The van der Waals surface area contributed by atoms with Crippen LogP contribution in [0.4, 0.5) is 4.39 Å². The van der Waals surface area contributed by atoms with E-state index in [1.165, 1.54) is 5.56 Å². The normalized spacial score (nSPS) is 23.0. The van der Waals surface area contributed by atoms with Crippen molar-refractivity contribution in [3.8, 4) is 11.3 Å². The van der Waals surface area contributed by atoms with Gasteiger partial charge in [0.2, 0.25) is 0 Å². The highest BCUT2D eigenvalue weighted by Crippen LogP contribution is 2.69. The van der Waals surface area contributed by atoms with Crippen LogP contribution in [0.2, 0.25) is 0 Å². The van der Waals surface area contributed by atoms with E-state index in [0.29, 0.717) is 6.54 Å². The predicted octanol–water partition coefficient (Wildman–Crippen LogP) is 4.22. The first-order valence-corrected chi connectivity index (χ1v) is 13.0. The van der Waals surface area contributed by atoms with Gasteiger partial charge in [0.15, 0.2) is 0 Å². The first-order chi connectivity index (χ1) is 17.0. The number of H-pyrrole nitrogens is 1. The highest BCUT2D eigenvalue weighted by atomic mass is 32.2. The summed E-state index contributed by atoms with van der Waals surface area (Å²) in [7, 11) is 0. The zero-order chi connectivity index (χ0) is 23.6. The predicted molar refractivity (Wildman–Crippen MR) is 133 cm³/mol. The van der Waals surface area contributed by atoms with Gasteiger partial charge in [-0.2, -0.15) is 5.10 Å². The summed E-state index contributed by atoms with van der Waals surface area (Å²) in [5.41, 5.74) is 5.20. The molecule has 8 nitrogen and oxygen atoms in total. The number of thioether (sulfide) groups is 1.